The van der Waals surface area contributed by atoms with Gasteiger partial charge in [-0.15, -0.1) is 0 Å². The van der Waals surface area contributed by atoms with Gasteiger partial charge in [0.1, 0.15) is 5.82 Å². The van der Waals surface area contributed by atoms with Crippen LogP contribution >= 0.6 is 0 Å². The second-order valence-electron chi connectivity index (χ2n) is 4.72. The van der Waals surface area contributed by atoms with E-state index in [0.717, 1.165) is 16.8 Å². The molecule has 21 heavy (non-hydrogen) atoms. The van der Waals surface area contributed by atoms with Crippen molar-refractivity contribution in [1.82, 2.24) is 0 Å². The second kappa shape index (κ2) is 6.88. The number of benzene rings is 2. The summed E-state index contributed by atoms with van der Waals surface area (Å²) < 4.78 is 18.1. The van der Waals surface area contributed by atoms with Crippen LogP contribution in [0.15, 0.2) is 42.5 Å². The summed E-state index contributed by atoms with van der Waals surface area (Å²) >= 11 is 0. The summed E-state index contributed by atoms with van der Waals surface area (Å²) in [5.74, 6) is -0.569. The Hall–Kier alpha value is -2.36. The van der Waals surface area contributed by atoms with Gasteiger partial charge in [0.25, 0.3) is 0 Å². The van der Waals surface area contributed by atoms with Crippen molar-refractivity contribution in [3.63, 3.8) is 0 Å². The third-order valence-corrected chi connectivity index (χ3v) is 3.19. The van der Waals surface area contributed by atoms with Crippen LogP contribution in [-0.4, -0.2) is 12.6 Å². The Morgan fingerprint density at radius 2 is 1.90 bits per heavy atom. The zero-order valence-corrected chi connectivity index (χ0v) is 12.2. The highest BCUT2D eigenvalue weighted by atomic mass is 19.1. The largest absolute Gasteiger partial charge is 0.462 e. The first-order chi connectivity index (χ1) is 10.1. The molecule has 2 aromatic carbocycles. The molecule has 1 N–H and O–H groups in total. The minimum absolute atomic E-state index is 0.241. The number of anilines is 1. The van der Waals surface area contributed by atoms with E-state index in [-0.39, 0.29) is 11.8 Å². The van der Waals surface area contributed by atoms with Crippen molar-refractivity contribution in [2.24, 2.45) is 0 Å². The molecule has 0 saturated carbocycles. The Labute approximate surface area is 123 Å². The topological polar surface area (TPSA) is 38.3 Å². The molecular formula is C17H18FNO2. The van der Waals surface area contributed by atoms with Crippen LogP contribution in [0.4, 0.5) is 10.1 Å². The van der Waals surface area contributed by atoms with Crippen LogP contribution in [0.5, 0.6) is 0 Å². The van der Waals surface area contributed by atoms with E-state index in [9.17, 15) is 9.18 Å². The third-order valence-electron chi connectivity index (χ3n) is 3.19. The molecule has 0 unspecified atom stereocenters. The molecule has 0 aliphatic carbocycles. The van der Waals surface area contributed by atoms with E-state index in [1.54, 1.807) is 37.3 Å². The zero-order chi connectivity index (χ0) is 15.2. The van der Waals surface area contributed by atoms with Crippen molar-refractivity contribution in [3.05, 3.63) is 65.0 Å². The quantitative estimate of drug-likeness (QED) is 0.847. The molecule has 3 nitrogen and oxygen atoms in total. The fourth-order valence-electron chi connectivity index (χ4n) is 1.97. The van der Waals surface area contributed by atoms with Crippen molar-refractivity contribution in [1.29, 1.82) is 0 Å². The molecule has 0 heterocycles. The maximum absolute atomic E-state index is 13.2. The Kier molecular flexibility index (Phi) is 4.93. The van der Waals surface area contributed by atoms with E-state index in [0.29, 0.717) is 18.7 Å². The number of nitrogens with one attached hydrogen (secondary N) is 1. The van der Waals surface area contributed by atoms with Gasteiger partial charge in [-0.25, -0.2) is 9.18 Å². The van der Waals surface area contributed by atoms with Gasteiger partial charge in [-0.3, -0.25) is 0 Å². The van der Waals surface area contributed by atoms with Gasteiger partial charge in [0.05, 0.1) is 12.2 Å². The zero-order valence-electron chi connectivity index (χ0n) is 12.2. The molecule has 0 saturated heterocycles. The fraction of sp³-hybridized carbons (Fsp3) is 0.235. The predicted octanol–water partition coefficient (Wildman–Crippen LogP) is 3.92. The summed E-state index contributed by atoms with van der Waals surface area (Å²) in [7, 11) is 0. The number of rotatable bonds is 5. The molecule has 0 atom stereocenters. The summed E-state index contributed by atoms with van der Waals surface area (Å²) in [5.41, 5.74) is 3.33. The highest BCUT2D eigenvalue weighted by Crippen LogP contribution is 2.15. The number of carbonyl (C=O) groups excluding carboxylic acids is 1. The van der Waals surface area contributed by atoms with Gasteiger partial charge < -0.3 is 10.1 Å². The highest BCUT2D eigenvalue weighted by molar-refractivity contribution is 5.89. The molecule has 0 fully saturated rings. The normalized spacial score (nSPS) is 10.2. The molecule has 2 rings (SSSR count). The van der Waals surface area contributed by atoms with E-state index in [4.69, 9.17) is 4.74 Å². The standard InChI is InChI=1S/C17H18FNO2/c1-3-21-17(20)13-5-8-16(9-6-13)19-11-14-10-15(18)7-4-12(14)2/h4-10,19H,3,11H2,1-2H3. The van der Waals surface area contributed by atoms with Crippen molar-refractivity contribution in [2.75, 3.05) is 11.9 Å². The number of ether oxygens (including phenoxy) is 1. The van der Waals surface area contributed by atoms with E-state index in [1.165, 1.54) is 12.1 Å². The molecule has 110 valence electrons. The Balaban J connectivity index is 2.00. The maximum atomic E-state index is 13.2. The number of hydrogen-bond donors (Lipinski definition) is 1. The molecule has 2 aromatic rings. The van der Waals surface area contributed by atoms with Gasteiger partial charge in [-0.1, -0.05) is 6.07 Å². The van der Waals surface area contributed by atoms with E-state index in [2.05, 4.69) is 5.32 Å². The second-order valence-corrected chi connectivity index (χ2v) is 4.72. The Bertz CT molecular complexity index is 623. The number of carbonyl (C=O) groups is 1. The maximum Gasteiger partial charge on any atom is 0.338 e. The number of hydrogen-bond acceptors (Lipinski definition) is 3. The highest BCUT2D eigenvalue weighted by Gasteiger charge is 2.06. The van der Waals surface area contributed by atoms with Crippen LogP contribution in [0.25, 0.3) is 0 Å². The van der Waals surface area contributed by atoms with Gasteiger partial charge in [0, 0.05) is 12.2 Å². The van der Waals surface area contributed by atoms with E-state index in [1.807, 2.05) is 6.92 Å². The fourth-order valence-corrected chi connectivity index (χ4v) is 1.97. The van der Waals surface area contributed by atoms with E-state index >= 15 is 0 Å². The molecule has 0 spiro atoms. The van der Waals surface area contributed by atoms with Crippen molar-refractivity contribution in [2.45, 2.75) is 20.4 Å². The van der Waals surface area contributed by atoms with Crippen molar-refractivity contribution >= 4 is 11.7 Å². The molecule has 0 aromatic heterocycles. The molecule has 0 amide bonds. The number of aryl methyl sites for hydroxylation is 1. The first-order valence-corrected chi connectivity index (χ1v) is 6.86. The predicted molar refractivity (Wildman–Crippen MR) is 80.9 cm³/mol. The number of halogens is 1. The van der Waals surface area contributed by atoms with Crippen molar-refractivity contribution in [3.8, 4) is 0 Å². The third kappa shape index (κ3) is 4.05. The van der Waals surface area contributed by atoms with Crippen molar-refractivity contribution < 1.29 is 13.9 Å². The van der Waals surface area contributed by atoms with Crippen LogP contribution < -0.4 is 5.32 Å². The SMILES string of the molecule is CCOC(=O)c1ccc(NCc2cc(F)ccc2C)cc1. The average Bonchev–Trinajstić information content (AvgIpc) is 2.49. The molecular weight excluding hydrogens is 269 g/mol. The molecule has 4 heteroatoms. The lowest BCUT2D eigenvalue weighted by atomic mass is 10.1. The lowest BCUT2D eigenvalue weighted by Gasteiger charge is -2.10. The van der Waals surface area contributed by atoms with Gasteiger partial charge in [-0.2, -0.15) is 0 Å². The molecule has 0 aliphatic rings. The van der Waals surface area contributed by atoms with Crippen LogP contribution in [-0.2, 0) is 11.3 Å². The minimum Gasteiger partial charge on any atom is -0.462 e. The molecule has 0 bridgehead atoms. The summed E-state index contributed by atoms with van der Waals surface area (Å²) in [6.07, 6.45) is 0. The number of esters is 1. The lowest BCUT2D eigenvalue weighted by molar-refractivity contribution is 0.0526. The Morgan fingerprint density at radius 3 is 2.57 bits per heavy atom. The summed E-state index contributed by atoms with van der Waals surface area (Å²) in [6.45, 7) is 4.61. The van der Waals surface area contributed by atoms with Crippen LogP contribution in [0.3, 0.4) is 0 Å². The first kappa shape index (κ1) is 15.0. The smallest absolute Gasteiger partial charge is 0.338 e. The van der Waals surface area contributed by atoms with Gasteiger partial charge in [-0.05, 0) is 61.4 Å². The molecule has 0 radical (unpaired) electrons. The van der Waals surface area contributed by atoms with Crippen LogP contribution in [0, 0.1) is 12.7 Å². The van der Waals surface area contributed by atoms with Crippen LogP contribution in [0.1, 0.15) is 28.4 Å². The summed E-state index contributed by atoms with van der Waals surface area (Å²) in [4.78, 5) is 11.5. The first-order valence-electron chi connectivity index (χ1n) is 6.86. The van der Waals surface area contributed by atoms with Gasteiger partial charge >= 0.3 is 5.97 Å². The van der Waals surface area contributed by atoms with E-state index < -0.39 is 0 Å². The molecule has 0 aliphatic heterocycles. The minimum atomic E-state index is -0.329. The average molecular weight is 287 g/mol. The monoisotopic (exact) mass is 287 g/mol. The summed E-state index contributed by atoms with van der Waals surface area (Å²) in [6, 6.07) is 11.8. The van der Waals surface area contributed by atoms with Gasteiger partial charge in [0.15, 0.2) is 0 Å². The lowest BCUT2D eigenvalue weighted by Crippen LogP contribution is -2.05. The van der Waals surface area contributed by atoms with Crippen LogP contribution in [0.2, 0.25) is 0 Å². The Morgan fingerprint density at radius 1 is 1.19 bits per heavy atom. The summed E-state index contributed by atoms with van der Waals surface area (Å²) in [5, 5.41) is 3.21. The van der Waals surface area contributed by atoms with Gasteiger partial charge in [0.2, 0.25) is 0 Å².